The Morgan fingerprint density at radius 2 is 1.82 bits per heavy atom. The van der Waals surface area contributed by atoms with Crippen LogP contribution in [0.1, 0.15) is 19.4 Å². The molecule has 2 unspecified atom stereocenters. The van der Waals surface area contributed by atoms with Crippen molar-refractivity contribution >= 4 is 0 Å². The topological polar surface area (TPSA) is 50.7 Å². The fourth-order valence-electron chi connectivity index (χ4n) is 1.83. The van der Waals surface area contributed by atoms with Crippen molar-refractivity contribution in [1.82, 2.24) is 5.32 Å². The van der Waals surface area contributed by atoms with E-state index in [0.29, 0.717) is 0 Å². The van der Waals surface area contributed by atoms with Crippen molar-refractivity contribution in [3.63, 3.8) is 0 Å². The molecule has 0 heterocycles. The molecule has 1 aromatic rings. The van der Waals surface area contributed by atoms with Crippen LogP contribution in [-0.4, -0.2) is 31.6 Å². The number of hydrogen-bond acceptors (Lipinski definition) is 4. The fraction of sp³-hybridized carbons (Fsp3) is 0.538. The summed E-state index contributed by atoms with van der Waals surface area (Å²) in [6.07, 6.45) is 0.329. The third kappa shape index (κ3) is 4.24. The number of methoxy groups -OCH3 is 2. The average molecular weight is 239 g/mol. The predicted octanol–water partition coefficient (Wildman–Crippen LogP) is 1.56. The van der Waals surface area contributed by atoms with Crippen LogP contribution in [0, 0.1) is 0 Å². The molecule has 0 amide bonds. The summed E-state index contributed by atoms with van der Waals surface area (Å²) in [4.78, 5) is 0. The number of rotatable bonds is 6. The molecule has 0 aliphatic heterocycles. The minimum atomic E-state index is -0.495. The predicted molar refractivity (Wildman–Crippen MR) is 67.5 cm³/mol. The van der Waals surface area contributed by atoms with Crippen LogP contribution in [0.3, 0.4) is 0 Å². The number of nitrogens with one attached hydrogen (secondary N) is 1. The van der Waals surface area contributed by atoms with Crippen LogP contribution in [0.2, 0.25) is 0 Å². The summed E-state index contributed by atoms with van der Waals surface area (Å²) in [5.74, 6) is 1.46. The van der Waals surface area contributed by atoms with Crippen LogP contribution < -0.4 is 14.8 Å². The highest BCUT2D eigenvalue weighted by atomic mass is 16.5. The molecular weight excluding hydrogens is 218 g/mol. The molecule has 0 aliphatic rings. The lowest BCUT2D eigenvalue weighted by atomic mass is 10.1. The molecule has 0 saturated carbocycles. The van der Waals surface area contributed by atoms with E-state index >= 15 is 0 Å². The van der Waals surface area contributed by atoms with Crippen molar-refractivity contribution in [2.24, 2.45) is 0 Å². The van der Waals surface area contributed by atoms with E-state index in [0.717, 1.165) is 23.5 Å². The average Bonchev–Trinajstić information content (AvgIpc) is 2.27. The van der Waals surface area contributed by atoms with Gasteiger partial charge < -0.3 is 14.6 Å². The first-order chi connectivity index (χ1) is 8.06. The van der Waals surface area contributed by atoms with E-state index in [-0.39, 0.29) is 6.04 Å². The molecule has 0 radical (unpaired) electrons. The van der Waals surface area contributed by atoms with E-state index < -0.39 is 6.23 Å². The third-order valence-corrected chi connectivity index (χ3v) is 2.52. The van der Waals surface area contributed by atoms with E-state index in [1.54, 1.807) is 21.1 Å². The SMILES string of the molecule is COc1ccc(CC(C)NC(C)O)cc1OC. The maximum atomic E-state index is 9.23. The molecule has 0 fully saturated rings. The number of aliphatic hydroxyl groups excluding tert-OH is 1. The first-order valence-corrected chi connectivity index (χ1v) is 5.71. The van der Waals surface area contributed by atoms with E-state index in [4.69, 9.17) is 9.47 Å². The summed E-state index contributed by atoms with van der Waals surface area (Å²) in [6, 6.07) is 6.05. The van der Waals surface area contributed by atoms with Crippen LogP contribution in [-0.2, 0) is 6.42 Å². The minimum absolute atomic E-state index is 0.202. The lowest BCUT2D eigenvalue weighted by Crippen LogP contribution is -2.35. The van der Waals surface area contributed by atoms with E-state index in [1.807, 2.05) is 25.1 Å². The lowest BCUT2D eigenvalue weighted by Gasteiger charge is -2.17. The third-order valence-electron chi connectivity index (χ3n) is 2.52. The van der Waals surface area contributed by atoms with E-state index in [2.05, 4.69) is 5.32 Å². The van der Waals surface area contributed by atoms with Crippen molar-refractivity contribution < 1.29 is 14.6 Å². The number of aliphatic hydroxyl groups is 1. The molecule has 0 aromatic heterocycles. The summed E-state index contributed by atoms with van der Waals surface area (Å²) >= 11 is 0. The number of ether oxygens (including phenoxy) is 2. The Morgan fingerprint density at radius 1 is 1.18 bits per heavy atom. The monoisotopic (exact) mass is 239 g/mol. The molecule has 1 rings (SSSR count). The normalized spacial score (nSPS) is 14.2. The summed E-state index contributed by atoms with van der Waals surface area (Å²) in [5.41, 5.74) is 1.14. The van der Waals surface area contributed by atoms with Gasteiger partial charge in [-0.3, -0.25) is 5.32 Å². The van der Waals surface area contributed by atoms with Crippen LogP contribution in [0.4, 0.5) is 0 Å². The molecule has 4 nitrogen and oxygen atoms in total. The van der Waals surface area contributed by atoms with Crippen molar-refractivity contribution in [1.29, 1.82) is 0 Å². The zero-order valence-corrected chi connectivity index (χ0v) is 10.9. The summed E-state index contributed by atoms with van der Waals surface area (Å²) in [7, 11) is 3.24. The zero-order valence-electron chi connectivity index (χ0n) is 10.9. The zero-order chi connectivity index (χ0) is 12.8. The molecule has 4 heteroatoms. The first kappa shape index (κ1) is 13.8. The van der Waals surface area contributed by atoms with Crippen molar-refractivity contribution in [3.05, 3.63) is 23.8 Å². The maximum absolute atomic E-state index is 9.23. The molecular formula is C13H21NO3. The smallest absolute Gasteiger partial charge is 0.160 e. The van der Waals surface area contributed by atoms with Crippen LogP contribution in [0.5, 0.6) is 11.5 Å². The van der Waals surface area contributed by atoms with Gasteiger partial charge in [0.05, 0.1) is 14.2 Å². The van der Waals surface area contributed by atoms with Gasteiger partial charge in [0.2, 0.25) is 0 Å². The van der Waals surface area contributed by atoms with Crippen molar-refractivity contribution in [3.8, 4) is 11.5 Å². The molecule has 0 saturated heterocycles. The van der Waals surface area contributed by atoms with Crippen LogP contribution in [0.25, 0.3) is 0 Å². The summed E-state index contributed by atoms with van der Waals surface area (Å²) < 4.78 is 10.4. The van der Waals surface area contributed by atoms with Crippen LogP contribution in [0.15, 0.2) is 18.2 Å². The van der Waals surface area contributed by atoms with Gasteiger partial charge in [0.25, 0.3) is 0 Å². The largest absolute Gasteiger partial charge is 0.493 e. The van der Waals surface area contributed by atoms with Gasteiger partial charge in [-0.15, -0.1) is 0 Å². The Morgan fingerprint density at radius 3 is 2.35 bits per heavy atom. The minimum Gasteiger partial charge on any atom is -0.493 e. The van der Waals surface area contributed by atoms with E-state index in [9.17, 15) is 5.11 Å². The summed E-state index contributed by atoms with van der Waals surface area (Å²) in [5, 5.41) is 12.3. The second-order valence-corrected chi connectivity index (χ2v) is 4.14. The van der Waals surface area contributed by atoms with Gasteiger partial charge in [-0.05, 0) is 38.0 Å². The second kappa shape index (κ2) is 6.47. The van der Waals surface area contributed by atoms with Crippen LogP contribution >= 0.6 is 0 Å². The molecule has 2 N–H and O–H groups in total. The molecule has 0 spiro atoms. The Bertz CT molecular complexity index is 353. The fourth-order valence-corrected chi connectivity index (χ4v) is 1.83. The van der Waals surface area contributed by atoms with Gasteiger partial charge in [-0.1, -0.05) is 6.07 Å². The number of hydrogen-bond donors (Lipinski definition) is 2. The van der Waals surface area contributed by atoms with Gasteiger partial charge in [-0.2, -0.15) is 0 Å². The molecule has 0 aliphatic carbocycles. The highest BCUT2D eigenvalue weighted by Gasteiger charge is 2.09. The molecule has 2 atom stereocenters. The lowest BCUT2D eigenvalue weighted by molar-refractivity contribution is 0.143. The molecule has 17 heavy (non-hydrogen) atoms. The molecule has 96 valence electrons. The first-order valence-electron chi connectivity index (χ1n) is 5.71. The Kier molecular flexibility index (Phi) is 5.25. The van der Waals surface area contributed by atoms with Gasteiger partial charge in [-0.25, -0.2) is 0 Å². The van der Waals surface area contributed by atoms with E-state index in [1.165, 1.54) is 0 Å². The van der Waals surface area contributed by atoms with Crippen molar-refractivity contribution in [2.45, 2.75) is 32.5 Å². The Labute approximate surface area is 103 Å². The van der Waals surface area contributed by atoms with Crippen molar-refractivity contribution in [2.75, 3.05) is 14.2 Å². The second-order valence-electron chi connectivity index (χ2n) is 4.14. The highest BCUT2D eigenvalue weighted by Crippen LogP contribution is 2.27. The van der Waals surface area contributed by atoms with Gasteiger partial charge >= 0.3 is 0 Å². The van der Waals surface area contributed by atoms with Gasteiger partial charge in [0.1, 0.15) is 6.23 Å². The highest BCUT2D eigenvalue weighted by molar-refractivity contribution is 5.43. The van der Waals surface area contributed by atoms with Gasteiger partial charge in [0.15, 0.2) is 11.5 Å². The quantitative estimate of drug-likeness (QED) is 0.740. The number of benzene rings is 1. The van der Waals surface area contributed by atoms with Gasteiger partial charge in [0, 0.05) is 6.04 Å². The molecule has 0 bridgehead atoms. The molecule has 1 aromatic carbocycles. The summed E-state index contributed by atoms with van der Waals surface area (Å²) in [6.45, 7) is 3.74. The Hall–Kier alpha value is -1.26. The maximum Gasteiger partial charge on any atom is 0.160 e. The standard InChI is InChI=1S/C13H21NO3/c1-9(14-10(2)15)7-11-5-6-12(16-3)13(8-11)17-4/h5-6,8-10,14-15H,7H2,1-4H3. The Balaban J connectivity index is 2.72.